The van der Waals surface area contributed by atoms with E-state index in [-0.39, 0.29) is 12.1 Å². The average molecular weight is 420 g/mol. The molecule has 0 aliphatic carbocycles. The van der Waals surface area contributed by atoms with Gasteiger partial charge in [0.2, 0.25) is 0 Å². The number of aliphatic hydroxyl groups is 1. The average Bonchev–Trinajstić information content (AvgIpc) is 3.26. The molecule has 0 aromatic heterocycles. The summed E-state index contributed by atoms with van der Waals surface area (Å²) in [6.07, 6.45) is 0.345. The molecule has 1 saturated heterocycles. The number of hydrogen-bond donors (Lipinski definition) is 2. The smallest absolute Gasteiger partial charge is 0.143 e. The monoisotopic (exact) mass is 419 g/mol. The largest absolute Gasteiger partial charge is 0.497 e. The first-order valence-electron chi connectivity index (χ1n) is 10.6. The number of ether oxygens (including phenoxy) is 3. The Morgan fingerprint density at radius 3 is 1.77 bits per heavy atom. The molecule has 0 amide bonds. The Morgan fingerprint density at radius 2 is 1.32 bits per heavy atom. The van der Waals surface area contributed by atoms with E-state index in [2.05, 4.69) is 17.4 Å². The Kier molecular flexibility index (Phi) is 6.56. The summed E-state index contributed by atoms with van der Waals surface area (Å²) in [6, 6.07) is 26.3. The summed E-state index contributed by atoms with van der Waals surface area (Å²) in [7, 11) is 3.33. The second kappa shape index (κ2) is 9.52. The van der Waals surface area contributed by atoms with Crippen LogP contribution in [0.2, 0.25) is 0 Å². The van der Waals surface area contributed by atoms with E-state index in [4.69, 9.17) is 14.2 Å². The molecule has 1 aliphatic rings. The molecule has 0 radical (unpaired) electrons. The lowest BCUT2D eigenvalue weighted by Gasteiger charge is -2.37. The fraction of sp³-hybridized carbons (Fsp3) is 0.308. The lowest BCUT2D eigenvalue weighted by molar-refractivity contribution is 0.00120. The Balaban J connectivity index is 1.83. The van der Waals surface area contributed by atoms with Gasteiger partial charge in [0, 0.05) is 12.6 Å². The van der Waals surface area contributed by atoms with Gasteiger partial charge in [-0.05, 0) is 47.4 Å². The van der Waals surface area contributed by atoms with Gasteiger partial charge in [-0.15, -0.1) is 0 Å². The van der Waals surface area contributed by atoms with Crippen molar-refractivity contribution in [1.82, 2.24) is 5.32 Å². The third kappa shape index (κ3) is 4.44. The molecule has 162 valence electrons. The molecule has 31 heavy (non-hydrogen) atoms. The number of hydrogen-bond acceptors (Lipinski definition) is 5. The van der Waals surface area contributed by atoms with Crippen LogP contribution in [0.1, 0.15) is 23.1 Å². The maximum absolute atomic E-state index is 9.95. The first-order valence-corrected chi connectivity index (χ1v) is 10.6. The first-order chi connectivity index (χ1) is 15.2. The number of aliphatic hydroxyl groups excluding tert-OH is 1. The van der Waals surface area contributed by atoms with E-state index in [9.17, 15) is 5.11 Å². The summed E-state index contributed by atoms with van der Waals surface area (Å²) in [5.74, 6) is 1.59. The van der Waals surface area contributed by atoms with Gasteiger partial charge in [-0.3, -0.25) is 0 Å². The maximum Gasteiger partial charge on any atom is 0.143 e. The van der Waals surface area contributed by atoms with E-state index in [1.165, 1.54) is 0 Å². The molecule has 0 bridgehead atoms. The van der Waals surface area contributed by atoms with Gasteiger partial charge in [0.15, 0.2) is 0 Å². The fourth-order valence-electron chi connectivity index (χ4n) is 4.22. The van der Waals surface area contributed by atoms with Crippen LogP contribution in [0.3, 0.4) is 0 Å². The zero-order valence-corrected chi connectivity index (χ0v) is 18.0. The number of β-amino-alcohol motifs (C(OH)–C–C–N with tert-alkyl or cyclic N) is 1. The topological polar surface area (TPSA) is 60.0 Å². The zero-order chi connectivity index (χ0) is 21.7. The Bertz CT molecular complexity index is 909. The molecular formula is C26H29NO4. The van der Waals surface area contributed by atoms with E-state index < -0.39 is 5.60 Å². The number of rotatable bonds is 8. The van der Waals surface area contributed by atoms with E-state index in [0.29, 0.717) is 19.6 Å². The van der Waals surface area contributed by atoms with Crippen molar-refractivity contribution in [2.45, 2.75) is 24.2 Å². The molecule has 0 saturated carbocycles. The van der Waals surface area contributed by atoms with Crippen LogP contribution in [0.4, 0.5) is 0 Å². The lowest BCUT2D eigenvalue weighted by Crippen LogP contribution is -2.38. The molecule has 2 N–H and O–H groups in total. The lowest BCUT2D eigenvalue weighted by atomic mass is 9.80. The van der Waals surface area contributed by atoms with Crippen molar-refractivity contribution in [1.29, 1.82) is 0 Å². The van der Waals surface area contributed by atoms with E-state index >= 15 is 0 Å². The van der Waals surface area contributed by atoms with Gasteiger partial charge < -0.3 is 24.6 Å². The molecule has 1 aliphatic heterocycles. The molecule has 2 atom stereocenters. The minimum atomic E-state index is -0.824. The van der Waals surface area contributed by atoms with Gasteiger partial charge in [-0.1, -0.05) is 54.6 Å². The van der Waals surface area contributed by atoms with Gasteiger partial charge in [-0.2, -0.15) is 0 Å². The van der Waals surface area contributed by atoms with Crippen molar-refractivity contribution in [3.05, 3.63) is 95.6 Å². The highest BCUT2D eigenvalue weighted by molar-refractivity contribution is 5.49. The number of methoxy groups -OCH3 is 2. The molecule has 1 heterocycles. The SMILES string of the molecule is COc1ccc(C(OC[C@@H]2CC(O)CN2)(c2ccccc2)c2ccc(OC)cc2)cc1. The van der Waals surface area contributed by atoms with Crippen molar-refractivity contribution in [2.24, 2.45) is 0 Å². The minimum absolute atomic E-state index is 0.0922. The molecule has 0 spiro atoms. The van der Waals surface area contributed by atoms with Crippen LogP contribution in [0, 0.1) is 0 Å². The molecule has 5 nitrogen and oxygen atoms in total. The van der Waals surface area contributed by atoms with Gasteiger partial charge in [-0.25, -0.2) is 0 Å². The number of benzene rings is 3. The summed E-state index contributed by atoms with van der Waals surface area (Å²) in [5.41, 5.74) is 2.21. The normalized spacial score (nSPS) is 18.7. The Morgan fingerprint density at radius 1 is 0.806 bits per heavy atom. The van der Waals surface area contributed by atoms with E-state index in [0.717, 1.165) is 28.2 Å². The van der Waals surface area contributed by atoms with Gasteiger partial charge in [0.1, 0.15) is 17.1 Å². The summed E-state index contributed by atoms with van der Waals surface area (Å²) < 4.78 is 17.6. The molecule has 3 aromatic carbocycles. The van der Waals surface area contributed by atoms with Gasteiger partial charge in [0.25, 0.3) is 0 Å². The second-order valence-corrected chi connectivity index (χ2v) is 7.81. The summed E-state index contributed by atoms with van der Waals surface area (Å²) in [6.45, 7) is 1.06. The third-order valence-electron chi connectivity index (χ3n) is 5.87. The van der Waals surface area contributed by atoms with Crippen LogP contribution >= 0.6 is 0 Å². The third-order valence-corrected chi connectivity index (χ3v) is 5.87. The van der Waals surface area contributed by atoms with Crippen LogP contribution in [0.25, 0.3) is 0 Å². The molecule has 1 fully saturated rings. The number of nitrogens with one attached hydrogen (secondary N) is 1. The Hall–Kier alpha value is -2.86. The van der Waals surface area contributed by atoms with Crippen LogP contribution < -0.4 is 14.8 Å². The van der Waals surface area contributed by atoms with Crippen molar-refractivity contribution in [2.75, 3.05) is 27.4 Å². The zero-order valence-electron chi connectivity index (χ0n) is 18.0. The minimum Gasteiger partial charge on any atom is -0.497 e. The van der Waals surface area contributed by atoms with Crippen molar-refractivity contribution < 1.29 is 19.3 Å². The summed E-state index contributed by atoms with van der Waals surface area (Å²) in [5, 5.41) is 13.3. The van der Waals surface area contributed by atoms with Crippen LogP contribution in [-0.2, 0) is 10.3 Å². The predicted octanol–water partition coefficient (Wildman–Crippen LogP) is 3.74. The van der Waals surface area contributed by atoms with Crippen molar-refractivity contribution in [3.63, 3.8) is 0 Å². The highest BCUT2D eigenvalue weighted by Gasteiger charge is 2.39. The van der Waals surface area contributed by atoms with Crippen molar-refractivity contribution in [3.8, 4) is 11.5 Å². The van der Waals surface area contributed by atoms with E-state index in [1.807, 2.05) is 66.7 Å². The summed E-state index contributed by atoms with van der Waals surface area (Å²) >= 11 is 0. The standard InChI is InChI=1S/C26H29NO4/c1-29-24-12-8-20(9-13-24)26(19-6-4-3-5-7-19,21-10-14-25(30-2)15-11-21)31-18-22-16-23(28)17-27-22/h3-15,22-23,27-28H,16-18H2,1-2H3/t22-,23?/m0/s1. The fourth-order valence-corrected chi connectivity index (χ4v) is 4.22. The predicted molar refractivity (Wildman–Crippen MR) is 121 cm³/mol. The molecule has 5 heteroatoms. The molecule has 1 unspecified atom stereocenters. The first kappa shape index (κ1) is 21.4. The highest BCUT2D eigenvalue weighted by Crippen LogP contribution is 2.41. The Labute approximate surface area is 183 Å². The molecular weight excluding hydrogens is 390 g/mol. The summed E-state index contributed by atoms with van der Waals surface area (Å²) in [4.78, 5) is 0. The quantitative estimate of drug-likeness (QED) is 0.545. The van der Waals surface area contributed by atoms with Gasteiger partial charge in [0.05, 0.1) is 26.9 Å². The van der Waals surface area contributed by atoms with Crippen LogP contribution in [0.5, 0.6) is 11.5 Å². The van der Waals surface area contributed by atoms with Crippen LogP contribution in [-0.4, -0.2) is 44.6 Å². The highest BCUT2D eigenvalue weighted by atomic mass is 16.5. The second-order valence-electron chi connectivity index (χ2n) is 7.81. The van der Waals surface area contributed by atoms with Crippen LogP contribution in [0.15, 0.2) is 78.9 Å². The van der Waals surface area contributed by atoms with Gasteiger partial charge >= 0.3 is 0 Å². The van der Waals surface area contributed by atoms with E-state index in [1.54, 1.807) is 14.2 Å². The molecule has 3 aromatic rings. The molecule has 4 rings (SSSR count). The van der Waals surface area contributed by atoms with Crippen molar-refractivity contribution >= 4 is 0 Å². The maximum atomic E-state index is 9.95.